The van der Waals surface area contributed by atoms with Crippen LogP contribution in [0.3, 0.4) is 0 Å². The van der Waals surface area contributed by atoms with E-state index in [2.05, 4.69) is 15.5 Å². The standard InChI is InChI=1S/C16H16N4O4S/c1-19-8-11(9-19)17-15(21)10-4-5-14-12(7-10)18-16(22)13-3-2-6-20(13)25(14,23)24/h2-7,11H,8-9H2,1H3,(H,17,21)(H,18,22). The van der Waals surface area contributed by atoms with E-state index in [0.717, 1.165) is 17.1 Å². The minimum Gasteiger partial charge on any atom is -0.347 e. The summed E-state index contributed by atoms with van der Waals surface area (Å²) in [5.74, 6) is -0.832. The number of likely N-dealkylation sites (N-methyl/N-ethyl adjacent to an activating group) is 1. The number of anilines is 1. The molecule has 2 aromatic rings. The number of hydrogen-bond donors (Lipinski definition) is 2. The first-order chi connectivity index (χ1) is 11.9. The van der Waals surface area contributed by atoms with E-state index in [1.807, 2.05) is 7.05 Å². The van der Waals surface area contributed by atoms with Crippen LogP contribution in [0.15, 0.2) is 41.4 Å². The molecule has 4 rings (SSSR count). The predicted molar refractivity (Wildman–Crippen MR) is 90.2 cm³/mol. The lowest BCUT2D eigenvalue weighted by Crippen LogP contribution is -2.57. The Hall–Kier alpha value is -2.65. The molecule has 0 unspecified atom stereocenters. The van der Waals surface area contributed by atoms with E-state index in [1.54, 1.807) is 0 Å². The molecule has 3 heterocycles. The van der Waals surface area contributed by atoms with Gasteiger partial charge in [-0.3, -0.25) is 9.59 Å². The summed E-state index contributed by atoms with van der Waals surface area (Å²) in [6.07, 6.45) is 1.33. The lowest BCUT2D eigenvalue weighted by atomic mass is 10.1. The second kappa shape index (κ2) is 5.43. The average Bonchev–Trinajstić information content (AvgIpc) is 3.01. The Labute approximate surface area is 144 Å². The number of rotatable bonds is 2. The largest absolute Gasteiger partial charge is 0.347 e. The van der Waals surface area contributed by atoms with E-state index in [0.29, 0.717) is 5.56 Å². The fourth-order valence-corrected chi connectivity index (χ4v) is 4.57. The van der Waals surface area contributed by atoms with Gasteiger partial charge >= 0.3 is 0 Å². The Morgan fingerprint density at radius 3 is 2.76 bits per heavy atom. The zero-order valence-corrected chi connectivity index (χ0v) is 14.2. The van der Waals surface area contributed by atoms with Crippen molar-refractivity contribution in [2.24, 2.45) is 0 Å². The van der Waals surface area contributed by atoms with Crippen molar-refractivity contribution in [2.75, 3.05) is 25.5 Å². The molecule has 0 spiro atoms. The molecule has 2 aliphatic rings. The molecule has 1 saturated heterocycles. The molecule has 9 heteroatoms. The van der Waals surface area contributed by atoms with E-state index < -0.39 is 15.9 Å². The molecule has 25 heavy (non-hydrogen) atoms. The number of nitrogens with zero attached hydrogens (tertiary/aromatic N) is 2. The molecule has 0 saturated carbocycles. The van der Waals surface area contributed by atoms with Crippen LogP contribution in [0.5, 0.6) is 0 Å². The van der Waals surface area contributed by atoms with Crippen LogP contribution in [-0.4, -0.2) is 55.3 Å². The normalized spacial score (nSPS) is 19.2. The SMILES string of the molecule is CN1CC(NC(=O)c2ccc3c(c2)NC(=O)c2cccn2S3(=O)=O)C1. The van der Waals surface area contributed by atoms with Crippen LogP contribution in [0.4, 0.5) is 5.69 Å². The summed E-state index contributed by atoms with van der Waals surface area (Å²) in [6, 6.07) is 7.20. The van der Waals surface area contributed by atoms with Crippen LogP contribution < -0.4 is 10.6 Å². The number of likely N-dealkylation sites (tertiary alicyclic amines) is 1. The molecule has 0 bridgehead atoms. The third kappa shape index (κ3) is 2.52. The Morgan fingerprint density at radius 1 is 1.28 bits per heavy atom. The van der Waals surface area contributed by atoms with Crippen LogP contribution in [0, 0.1) is 0 Å². The van der Waals surface area contributed by atoms with Crippen molar-refractivity contribution in [3.8, 4) is 0 Å². The maximum Gasteiger partial charge on any atom is 0.273 e. The van der Waals surface area contributed by atoms with Gasteiger partial charge in [0.1, 0.15) is 10.6 Å². The van der Waals surface area contributed by atoms with Gasteiger partial charge in [0.2, 0.25) is 0 Å². The molecule has 2 amide bonds. The number of carbonyl (C=O) groups is 2. The molecule has 2 aliphatic heterocycles. The van der Waals surface area contributed by atoms with Crippen molar-refractivity contribution in [1.29, 1.82) is 0 Å². The van der Waals surface area contributed by atoms with Gasteiger partial charge in [0.15, 0.2) is 0 Å². The first-order valence-electron chi connectivity index (χ1n) is 7.74. The lowest BCUT2D eigenvalue weighted by molar-refractivity contribution is 0.0857. The quantitative estimate of drug-likeness (QED) is 0.804. The van der Waals surface area contributed by atoms with Gasteiger partial charge in [-0.25, -0.2) is 12.4 Å². The van der Waals surface area contributed by atoms with E-state index in [4.69, 9.17) is 0 Å². The molecule has 0 aliphatic carbocycles. The van der Waals surface area contributed by atoms with E-state index in [9.17, 15) is 18.0 Å². The first-order valence-corrected chi connectivity index (χ1v) is 9.18. The average molecular weight is 360 g/mol. The summed E-state index contributed by atoms with van der Waals surface area (Å²) >= 11 is 0. The summed E-state index contributed by atoms with van der Waals surface area (Å²) < 4.78 is 26.4. The molecular formula is C16H16N4O4S. The number of fused-ring (bicyclic) bond motifs is 2. The number of aromatic nitrogens is 1. The molecule has 130 valence electrons. The third-order valence-electron chi connectivity index (χ3n) is 4.37. The van der Waals surface area contributed by atoms with Crippen molar-refractivity contribution < 1.29 is 18.0 Å². The summed E-state index contributed by atoms with van der Waals surface area (Å²) in [5, 5.41) is 5.46. The Kier molecular flexibility index (Phi) is 3.44. The lowest BCUT2D eigenvalue weighted by Gasteiger charge is -2.36. The van der Waals surface area contributed by atoms with Gasteiger partial charge in [-0.05, 0) is 37.4 Å². The fourth-order valence-electron chi connectivity index (χ4n) is 3.10. The smallest absolute Gasteiger partial charge is 0.273 e. The zero-order valence-electron chi connectivity index (χ0n) is 13.4. The van der Waals surface area contributed by atoms with Gasteiger partial charge in [0.05, 0.1) is 11.7 Å². The van der Waals surface area contributed by atoms with Gasteiger partial charge in [0, 0.05) is 24.8 Å². The maximum atomic E-state index is 12.7. The molecule has 0 atom stereocenters. The fraction of sp³-hybridized carbons (Fsp3) is 0.250. The van der Waals surface area contributed by atoms with E-state index >= 15 is 0 Å². The highest BCUT2D eigenvalue weighted by atomic mass is 32.2. The molecular weight excluding hydrogens is 344 g/mol. The molecule has 1 fully saturated rings. The Morgan fingerprint density at radius 2 is 2.04 bits per heavy atom. The topological polar surface area (TPSA) is 101 Å². The predicted octanol–water partition coefficient (Wildman–Crippen LogP) is 0.335. The maximum absolute atomic E-state index is 12.7. The minimum absolute atomic E-state index is 0.0275. The number of carbonyl (C=O) groups excluding carboxylic acids is 2. The van der Waals surface area contributed by atoms with Gasteiger partial charge in [-0.1, -0.05) is 0 Å². The highest BCUT2D eigenvalue weighted by molar-refractivity contribution is 7.90. The number of hydrogen-bond acceptors (Lipinski definition) is 5. The minimum atomic E-state index is -3.90. The van der Waals surface area contributed by atoms with Crippen molar-refractivity contribution in [1.82, 2.24) is 14.2 Å². The highest BCUT2D eigenvalue weighted by Crippen LogP contribution is 2.29. The second-order valence-electron chi connectivity index (χ2n) is 6.25. The van der Waals surface area contributed by atoms with Crippen LogP contribution >= 0.6 is 0 Å². The van der Waals surface area contributed by atoms with Gasteiger partial charge < -0.3 is 15.5 Å². The van der Waals surface area contributed by atoms with Crippen molar-refractivity contribution >= 4 is 27.5 Å². The molecule has 2 N–H and O–H groups in total. The van der Waals surface area contributed by atoms with Crippen molar-refractivity contribution in [3.05, 3.63) is 47.8 Å². The molecule has 1 aromatic carbocycles. The first kappa shape index (κ1) is 15.9. The van der Waals surface area contributed by atoms with Crippen molar-refractivity contribution in [2.45, 2.75) is 10.9 Å². The van der Waals surface area contributed by atoms with Crippen LogP contribution in [0.2, 0.25) is 0 Å². The van der Waals surface area contributed by atoms with Gasteiger partial charge in [-0.2, -0.15) is 0 Å². The molecule has 0 radical (unpaired) electrons. The van der Waals surface area contributed by atoms with Crippen molar-refractivity contribution in [3.63, 3.8) is 0 Å². The second-order valence-corrected chi connectivity index (χ2v) is 8.03. The van der Waals surface area contributed by atoms with E-state index in [1.165, 1.54) is 36.5 Å². The van der Waals surface area contributed by atoms with Crippen LogP contribution in [0.25, 0.3) is 0 Å². The number of benzene rings is 1. The monoisotopic (exact) mass is 360 g/mol. The number of nitrogens with one attached hydrogen (secondary N) is 2. The van der Waals surface area contributed by atoms with E-state index in [-0.39, 0.29) is 28.2 Å². The highest BCUT2D eigenvalue weighted by Gasteiger charge is 2.31. The Bertz CT molecular complexity index is 989. The number of amides is 2. The van der Waals surface area contributed by atoms with Gasteiger partial charge in [-0.15, -0.1) is 0 Å². The Balaban J connectivity index is 1.70. The summed E-state index contributed by atoms with van der Waals surface area (Å²) in [7, 11) is -1.94. The van der Waals surface area contributed by atoms with Crippen LogP contribution in [0.1, 0.15) is 20.8 Å². The molecule has 1 aromatic heterocycles. The summed E-state index contributed by atoms with van der Waals surface area (Å²) in [4.78, 5) is 26.6. The zero-order chi connectivity index (χ0) is 17.8. The van der Waals surface area contributed by atoms with Gasteiger partial charge in [0.25, 0.3) is 21.8 Å². The third-order valence-corrected chi connectivity index (χ3v) is 6.12. The molecule has 8 nitrogen and oxygen atoms in total. The summed E-state index contributed by atoms with van der Waals surface area (Å²) in [5.41, 5.74) is 0.433. The summed E-state index contributed by atoms with van der Waals surface area (Å²) in [6.45, 7) is 1.55. The van der Waals surface area contributed by atoms with Crippen LogP contribution in [-0.2, 0) is 10.0 Å².